The first-order valence-corrected chi connectivity index (χ1v) is 6.06. The van der Waals surface area contributed by atoms with Crippen molar-refractivity contribution in [1.82, 2.24) is 15.1 Å². The van der Waals surface area contributed by atoms with Gasteiger partial charge in [-0.25, -0.2) is 4.79 Å². The van der Waals surface area contributed by atoms with Crippen molar-refractivity contribution in [2.24, 2.45) is 0 Å². The zero-order valence-corrected chi connectivity index (χ0v) is 11.2. The molecule has 2 heterocycles. The number of hydrogen-bond donors (Lipinski definition) is 2. The highest BCUT2D eigenvalue weighted by Gasteiger charge is 2.32. The monoisotopic (exact) mass is 253 g/mol. The first-order valence-electron chi connectivity index (χ1n) is 6.06. The molecule has 2 rings (SSSR count). The molecule has 0 aliphatic carbocycles. The van der Waals surface area contributed by atoms with E-state index in [-0.39, 0.29) is 17.7 Å². The fourth-order valence-electron chi connectivity index (χ4n) is 2.07. The molecule has 6 nitrogen and oxygen atoms in total. The number of rotatable bonds is 0. The average Bonchev–Trinajstić information content (AvgIpc) is 2.56. The molecule has 1 amide bonds. The Labute approximate surface area is 105 Å². The molecule has 1 aromatic rings. The first-order chi connectivity index (χ1) is 8.28. The van der Waals surface area contributed by atoms with Crippen molar-refractivity contribution in [3.8, 4) is 0 Å². The molecule has 18 heavy (non-hydrogen) atoms. The molecule has 0 saturated carbocycles. The van der Waals surface area contributed by atoms with Crippen LogP contribution in [0, 0.1) is 0 Å². The number of ether oxygens (including phenoxy) is 1. The van der Waals surface area contributed by atoms with Gasteiger partial charge < -0.3 is 9.84 Å². The zero-order valence-electron chi connectivity index (χ0n) is 11.2. The molecule has 0 spiro atoms. The van der Waals surface area contributed by atoms with Gasteiger partial charge in [-0.2, -0.15) is 0 Å². The van der Waals surface area contributed by atoms with Crippen molar-refractivity contribution in [3.05, 3.63) is 21.6 Å². The number of hydrogen-bond acceptors (Lipinski definition) is 3. The number of H-pyrrole nitrogens is 2. The summed E-state index contributed by atoms with van der Waals surface area (Å²) in [4.78, 5) is 25.2. The van der Waals surface area contributed by atoms with Crippen LogP contribution in [0.4, 0.5) is 4.79 Å². The van der Waals surface area contributed by atoms with Gasteiger partial charge in [-0.3, -0.25) is 14.8 Å². The molecule has 1 aliphatic rings. The van der Waals surface area contributed by atoms with Gasteiger partial charge in [0.2, 0.25) is 0 Å². The Kier molecular flexibility index (Phi) is 2.96. The van der Waals surface area contributed by atoms with Crippen molar-refractivity contribution in [2.45, 2.75) is 52.3 Å². The summed E-state index contributed by atoms with van der Waals surface area (Å²) in [5.41, 5.74) is 0.898. The zero-order chi connectivity index (χ0) is 13.5. The van der Waals surface area contributed by atoms with E-state index < -0.39 is 5.60 Å². The van der Waals surface area contributed by atoms with E-state index in [0.717, 1.165) is 11.3 Å². The molecule has 2 N–H and O–H groups in total. The smallest absolute Gasteiger partial charge is 0.410 e. The quantitative estimate of drug-likeness (QED) is 0.733. The van der Waals surface area contributed by atoms with Gasteiger partial charge in [0.05, 0.1) is 12.2 Å². The fraction of sp³-hybridized carbons (Fsp3) is 0.667. The Hall–Kier alpha value is -1.72. The summed E-state index contributed by atoms with van der Waals surface area (Å²) in [6.07, 6.45) is 0.204. The van der Waals surface area contributed by atoms with Gasteiger partial charge in [0.1, 0.15) is 5.60 Å². The summed E-state index contributed by atoms with van der Waals surface area (Å²) in [5.74, 6) is 0. The van der Waals surface area contributed by atoms with Crippen LogP contribution in [0.15, 0.2) is 4.79 Å². The number of aromatic amines is 2. The summed E-state index contributed by atoms with van der Waals surface area (Å²) >= 11 is 0. The van der Waals surface area contributed by atoms with Crippen LogP contribution in [0.3, 0.4) is 0 Å². The molecule has 1 aliphatic heterocycles. The maximum Gasteiger partial charge on any atom is 0.410 e. The van der Waals surface area contributed by atoms with Gasteiger partial charge in [0.15, 0.2) is 0 Å². The van der Waals surface area contributed by atoms with E-state index in [0.29, 0.717) is 13.0 Å². The Morgan fingerprint density at radius 1 is 1.39 bits per heavy atom. The minimum atomic E-state index is -0.511. The van der Waals surface area contributed by atoms with E-state index >= 15 is 0 Å². The third-order valence-electron chi connectivity index (χ3n) is 2.95. The van der Waals surface area contributed by atoms with Crippen molar-refractivity contribution in [1.29, 1.82) is 0 Å². The van der Waals surface area contributed by atoms with Crippen molar-refractivity contribution >= 4 is 6.09 Å². The van der Waals surface area contributed by atoms with E-state index in [9.17, 15) is 9.59 Å². The number of aromatic nitrogens is 2. The molecular formula is C12H19N3O3. The standard InChI is InChI=1S/C12H19N3O3/c1-7-5-8-9(13-14-10(8)16)6-15(7)11(17)18-12(2,3)4/h7H,5-6H2,1-4H3,(H2,13,14,16). The Morgan fingerprint density at radius 2 is 2.06 bits per heavy atom. The van der Waals surface area contributed by atoms with Crippen molar-refractivity contribution in [3.63, 3.8) is 0 Å². The lowest BCUT2D eigenvalue weighted by Gasteiger charge is -2.34. The Balaban J connectivity index is 2.17. The number of nitrogens with zero attached hydrogens (tertiary/aromatic N) is 1. The molecule has 0 bridgehead atoms. The minimum absolute atomic E-state index is 0.0377. The van der Waals surface area contributed by atoms with Gasteiger partial charge in [-0.1, -0.05) is 0 Å². The third kappa shape index (κ3) is 2.42. The fourth-order valence-corrected chi connectivity index (χ4v) is 2.07. The number of carbonyl (C=O) groups excluding carboxylic acids is 1. The van der Waals surface area contributed by atoms with E-state index in [2.05, 4.69) is 10.2 Å². The minimum Gasteiger partial charge on any atom is -0.444 e. The molecule has 0 fully saturated rings. The van der Waals surface area contributed by atoms with Gasteiger partial charge >= 0.3 is 6.09 Å². The van der Waals surface area contributed by atoms with Gasteiger partial charge in [0, 0.05) is 18.0 Å². The second-order valence-electron chi connectivity index (χ2n) is 5.70. The predicted molar refractivity (Wildman–Crippen MR) is 66.4 cm³/mol. The normalized spacial score (nSPS) is 19.6. The summed E-state index contributed by atoms with van der Waals surface area (Å²) in [7, 11) is 0. The lowest BCUT2D eigenvalue weighted by molar-refractivity contribution is 0.0135. The highest BCUT2D eigenvalue weighted by molar-refractivity contribution is 5.69. The van der Waals surface area contributed by atoms with Crippen LogP contribution < -0.4 is 5.56 Å². The molecule has 100 valence electrons. The van der Waals surface area contributed by atoms with Crippen LogP contribution in [-0.4, -0.2) is 32.8 Å². The van der Waals surface area contributed by atoms with Crippen LogP contribution in [0.1, 0.15) is 39.0 Å². The SMILES string of the molecule is CC1Cc2c([nH][nH]c2=O)CN1C(=O)OC(C)(C)C. The van der Waals surface area contributed by atoms with Crippen LogP contribution in [-0.2, 0) is 17.7 Å². The third-order valence-corrected chi connectivity index (χ3v) is 2.95. The largest absolute Gasteiger partial charge is 0.444 e. The summed E-state index contributed by atoms with van der Waals surface area (Å²) in [6.45, 7) is 7.80. The molecule has 0 saturated heterocycles. The van der Waals surface area contributed by atoms with Crippen LogP contribution in [0.5, 0.6) is 0 Å². The van der Waals surface area contributed by atoms with E-state index in [1.54, 1.807) is 4.90 Å². The molecular weight excluding hydrogens is 234 g/mol. The predicted octanol–water partition coefficient (Wildman–Crippen LogP) is 1.38. The van der Waals surface area contributed by atoms with Crippen LogP contribution in [0.2, 0.25) is 0 Å². The molecule has 1 unspecified atom stereocenters. The molecule has 1 atom stereocenters. The topological polar surface area (TPSA) is 78.2 Å². The molecule has 0 aromatic carbocycles. The average molecular weight is 253 g/mol. The van der Waals surface area contributed by atoms with Gasteiger partial charge in [-0.05, 0) is 27.7 Å². The number of nitrogens with one attached hydrogen (secondary N) is 2. The highest BCUT2D eigenvalue weighted by atomic mass is 16.6. The number of amides is 1. The molecule has 6 heteroatoms. The summed E-state index contributed by atoms with van der Waals surface area (Å²) < 4.78 is 5.35. The van der Waals surface area contributed by atoms with Gasteiger partial charge in [0.25, 0.3) is 5.56 Å². The van der Waals surface area contributed by atoms with Crippen molar-refractivity contribution in [2.75, 3.05) is 0 Å². The highest BCUT2D eigenvalue weighted by Crippen LogP contribution is 2.21. The van der Waals surface area contributed by atoms with E-state index in [1.165, 1.54) is 0 Å². The maximum atomic E-state index is 12.0. The number of fused-ring (bicyclic) bond motifs is 1. The second kappa shape index (κ2) is 4.19. The Bertz CT molecular complexity index is 509. The maximum absolute atomic E-state index is 12.0. The second-order valence-corrected chi connectivity index (χ2v) is 5.70. The molecule has 0 radical (unpaired) electrons. The number of carbonyl (C=O) groups is 1. The Morgan fingerprint density at radius 3 is 2.67 bits per heavy atom. The van der Waals surface area contributed by atoms with Crippen molar-refractivity contribution < 1.29 is 9.53 Å². The lowest BCUT2D eigenvalue weighted by atomic mass is 10.0. The van der Waals surface area contributed by atoms with E-state index in [4.69, 9.17) is 4.74 Å². The van der Waals surface area contributed by atoms with Crippen LogP contribution in [0.25, 0.3) is 0 Å². The summed E-state index contributed by atoms with van der Waals surface area (Å²) in [5, 5.41) is 5.36. The van der Waals surface area contributed by atoms with Gasteiger partial charge in [-0.15, -0.1) is 0 Å². The van der Waals surface area contributed by atoms with Crippen LogP contribution >= 0.6 is 0 Å². The summed E-state index contributed by atoms with van der Waals surface area (Å²) in [6, 6.07) is -0.0377. The van der Waals surface area contributed by atoms with E-state index in [1.807, 2.05) is 27.7 Å². The first kappa shape index (κ1) is 12.7. The molecule has 1 aromatic heterocycles. The lowest BCUT2D eigenvalue weighted by Crippen LogP contribution is -2.45.